The van der Waals surface area contributed by atoms with Crippen molar-refractivity contribution in [2.75, 3.05) is 0 Å². The third-order valence-electron chi connectivity index (χ3n) is 4.45. The van der Waals surface area contributed by atoms with Gasteiger partial charge in [0.1, 0.15) is 0 Å². The van der Waals surface area contributed by atoms with Crippen molar-refractivity contribution in [3.05, 3.63) is 58.1 Å². The number of benzene rings is 2. The van der Waals surface area contributed by atoms with Crippen molar-refractivity contribution in [3.63, 3.8) is 0 Å². The summed E-state index contributed by atoms with van der Waals surface area (Å²) in [5.74, 6) is 1.08. The van der Waals surface area contributed by atoms with E-state index in [-0.39, 0.29) is 0 Å². The molecule has 0 atom stereocenters. The van der Waals surface area contributed by atoms with E-state index < -0.39 is 0 Å². The second kappa shape index (κ2) is 6.05. The maximum Gasteiger partial charge on any atom is -0.0112 e. The van der Waals surface area contributed by atoms with Gasteiger partial charge >= 0.3 is 0 Å². The lowest BCUT2D eigenvalue weighted by molar-refractivity contribution is 0.837. The summed E-state index contributed by atoms with van der Waals surface area (Å²) in [5, 5.41) is 0. The number of aryl methyl sites for hydroxylation is 2. The first-order chi connectivity index (χ1) is 9.82. The topological polar surface area (TPSA) is 0 Å². The van der Waals surface area contributed by atoms with Gasteiger partial charge in [0.2, 0.25) is 0 Å². The minimum atomic E-state index is 0.541. The molecule has 0 saturated heterocycles. The number of hydrogen-bond donors (Lipinski definition) is 0. The zero-order valence-corrected chi connectivity index (χ0v) is 14.5. The summed E-state index contributed by atoms with van der Waals surface area (Å²) in [6, 6.07) is 11.4. The van der Waals surface area contributed by atoms with Crippen molar-refractivity contribution in [2.45, 2.75) is 60.3 Å². The lowest BCUT2D eigenvalue weighted by Gasteiger charge is -2.22. The van der Waals surface area contributed by atoms with Crippen molar-refractivity contribution in [3.8, 4) is 11.1 Å². The molecule has 0 N–H and O–H groups in total. The molecule has 112 valence electrons. The molecule has 0 heterocycles. The third kappa shape index (κ3) is 3.05. The molecule has 0 radical (unpaired) electrons. The Bertz CT molecular complexity index is 619. The second-order valence-corrected chi connectivity index (χ2v) is 6.88. The average Bonchev–Trinajstić information content (AvgIpc) is 2.41. The van der Waals surface area contributed by atoms with E-state index in [0.717, 1.165) is 0 Å². The second-order valence-electron chi connectivity index (χ2n) is 6.88. The molecule has 2 aromatic carbocycles. The quantitative estimate of drug-likeness (QED) is 0.600. The Morgan fingerprint density at radius 3 is 1.76 bits per heavy atom. The van der Waals surface area contributed by atoms with E-state index in [1.165, 1.54) is 38.9 Å². The van der Waals surface area contributed by atoms with Gasteiger partial charge in [-0.05, 0) is 66.0 Å². The summed E-state index contributed by atoms with van der Waals surface area (Å²) in [6.07, 6.45) is 0. The minimum absolute atomic E-state index is 0.541. The first-order valence-electron chi connectivity index (χ1n) is 8.04. The van der Waals surface area contributed by atoms with Gasteiger partial charge in [0.25, 0.3) is 0 Å². The molecule has 0 unspecified atom stereocenters. The first kappa shape index (κ1) is 15.8. The molecule has 0 saturated carbocycles. The smallest absolute Gasteiger partial charge is 0.0112 e. The molecule has 0 aliphatic carbocycles. The molecular weight excluding hydrogens is 252 g/mol. The summed E-state index contributed by atoms with van der Waals surface area (Å²) in [6.45, 7) is 15.8. The lowest BCUT2D eigenvalue weighted by atomic mass is 9.82. The summed E-state index contributed by atoms with van der Waals surface area (Å²) in [5.41, 5.74) is 9.96. The highest BCUT2D eigenvalue weighted by Crippen LogP contribution is 2.38. The Labute approximate surface area is 130 Å². The van der Waals surface area contributed by atoms with Gasteiger partial charge in [-0.2, -0.15) is 0 Å². The highest BCUT2D eigenvalue weighted by Gasteiger charge is 2.17. The molecule has 0 fully saturated rings. The van der Waals surface area contributed by atoms with Crippen LogP contribution in [0.3, 0.4) is 0 Å². The molecule has 0 amide bonds. The molecule has 21 heavy (non-hydrogen) atoms. The van der Waals surface area contributed by atoms with Crippen molar-refractivity contribution < 1.29 is 0 Å². The molecule has 0 nitrogen and oxygen atoms in total. The SMILES string of the molecule is Cc1cc(C)c(C)c(-c2c(C(C)C)cccc2C(C)C)c1. The van der Waals surface area contributed by atoms with Gasteiger partial charge in [-0.3, -0.25) is 0 Å². The number of hydrogen-bond acceptors (Lipinski definition) is 0. The molecule has 0 spiro atoms. The zero-order chi connectivity index (χ0) is 15.7. The summed E-state index contributed by atoms with van der Waals surface area (Å²) in [7, 11) is 0. The van der Waals surface area contributed by atoms with Crippen molar-refractivity contribution in [1.82, 2.24) is 0 Å². The Kier molecular flexibility index (Phi) is 4.56. The van der Waals surface area contributed by atoms with Crippen LogP contribution in [0.15, 0.2) is 30.3 Å². The van der Waals surface area contributed by atoms with Crippen molar-refractivity contribution in [1.29, 1.82) is 0 Å². The van der Waals surface area contributed by atoms with E-state index in [2.05, 4.69) is 78.8 Å². The maximum atomic E-state index is 2.36. The predicted octanol–water partition coefficient (Wildman–Crippen LogP) is 6.53. The number of rotatable bonds is 3. The van der Waals surface area contributed by atoms with Crippen LogP contribution in [0.1, 0.15) is 67.3 Å². The molecule has 2 aromatic rings. The lowest BCUT2D eigenvalue weighted by Crippen LogP contribution is -2.02. The molecule has 0 aliphatic rings. The van der Waals surface area contributed by atoms with E-state index in [4.69, 9.17) is 0 Å². The normalized spacial score (nSPS) is 11.5. The van der Waals surface area contributed by atoms with Crippen LogP contribution < -0.4 is 0 Å². The minimum Gasteiger partial charge on any atom is -0.0617 e. The van der Waals surface area contributed by atoms with Gasteiger partial charge in [0.15, 0.2) is 0 Å². The van der Waals surface area contributed by atoms with Gasteiger partial charge in [0.05, 0.1) is 0 Å². The Balaban J connectivity index is 2.84. The summed E-state index contributed by atoms with van der Waals surface area (Å²) < 4.78 is 0. The van der Waals surface area contributed by atoms with Crippen LogP contribution >= 0.6 is 0 Å². The van der Waals surface area contributed by atoms with Crippen molar-refractivity contribution >= 4 is 0 Å². The standard InChI is InChI=1S/C21H28/c1-13(2)18-9-8-10-19(14(3)4)21(18)20-12-15(5)11-16(6)17(20)7/h8-14H,1-7H3. The zero-order valence-electron chi connectivity index (χ0n) is 14.5. The van der Waals surface area contributed by atoms with Gasteiger partial charge in [0, 0.05) is 0 Å². The third-order valence-corrected chi connectivity index (χ3v) is 4.45. The molecule has 0 bridgehead atoms. The molecule has 0 aromatic heterocycles. The maximum absolute atomic E-state index is 2.36. The van der Waals surface area contributed by atoms with E-state index in [1.54, 1.807) is 0 Å². The fraction of sp³-hybridized carbons (Fsp3) is 0.429. The van der Waals surface area contributed by atoms with Crippen LogP contribution in [0.4, 0.5) is 0 Å². The first-order valence-corrected chi connectivity index (χ1v) is 8.04. The van der Waals surface area contributed by atoms with E-state index >= 15 is 0 Å². The van der Waals surface area contributed by atoms with Gasteiger partial charge < -0.3 is 0 Å². The fourth-order valence-corrected chi connectivity index (χ4v) is 3.16. The van der Waals surface area contributed by atoms with E-state index in [9.17, 15) is 0 Å². The Morgan fingerprint density at radius 1 is 0.762 bits per heavy atom. The van der Waals surface area contributed by atoms with Crippen molar-refractivity contribution in [2.24, 2.45) is 0 Å². The van der Waals surface area contributed by atoms with Crippen LogP contribution in [0.25, 0.3) is 11.1 Å². The van der Waals surface area contributed by atoms with Crippen LogP contribution in [0.2, 0.25) is 0 Å². The predicted molar refractivity (Wildman–Crippen MR) is 94.3 cm³/mol. The Hall–Kier alpha value is -1.56. The average molecular weight is 280 g/mol. The molecule has 0 heteroatoms. The monoisotopic (exact) mass is 280 g/mol. The van der Waals surface area contributed by atoms with Gasteiger partial charge in [-0.1, -0.05) is 63.6 Å². The van der Waals surface area contributed by atoms with E-state index in [1.807, 2.05) is 0 Å². The summed E-state index contributed by atoms with van der Waals surface area (Å²) >= 11 is 0. The largest absolute Gasteiger partial charge is 0.0617 e. The molecular formula is C21H28. The fourth-order valence-electron chi connectivity index (χ4n) is 3.16. The van der Waals surface area contributed by atoms with Crippen LogP contribution in [-0.2, 0) is 0 Å². The molecule has 2 rings (SSSR count). The van der Waals surface area contributed by atoms with Gasteiger partial charge in [-0.25, -0.2) is 0 Å². The van der Waals surface area contributed by atoms with Crippen LogP contribution in [0.5, 0.6) is 0 Å². The van der Waals surface area contributed by atoms with E-state index in [0.29, 0.717) is 11.8 Å². The summed E-state index contributed by atoms with van der Waals surface area (Å²) in [4.78, 5) is 0. The van der Waals surface area contributed by atoms with Gasteiger partial charge in [-0.15, -0.1) is 0 Å². The van der Waals surface area contributed by atoms with Crippen LogP contribution in [-0.4, -0.2) is 0 Å². The highest BCUT2D eigenvalue weighted by atomic mass is 14.2. The van der Waals surface area contributed by atoms with Crippen LogP contribution in [0, 0.1) is 20.8 Å². The molecule has 0 aliphatic heterocycles. The Morgan fingerprint density at radius 2 is 1.29 bits per heavy atom. The highest BCUT2D eigenvalue weighted by molar-refractivity contribution is 5.76.